The standard InChI is InChI=1S/C20H27N3O3/c1-15-5-7-16(8-6-15)13-23-14-17(12-19(23)25)20(26)21-9-3-11-22-10-2-4-18(22)24/h5-8,17H,2-4,9-14H2,1H3,(H,21,26)/t17-/m1/s1. The maximum absolute atomic E-state index is 12.3. The Bertz CT molecular complexity index is 671. The predicted octanol–water partition coefficient (Wildman–Crippen LogP) is 1.47. The van der Waals surface area contributed by atoms with Crippen LogP contribution in [0, 0.1) is 12.8 Å². The Morgan fingerprint density at radius 3 is 2.62 bits per heavy atom. The number of nitrogens with one attached hydrogen (secondary N) is 1. The van der Waals surface area contributed by atoms with Crippen molar-refractivity contribution in [3.05, 3.63) is 35.4 Å². The Hall–Kier alpha value is -2.37. The zero-order chi connectivity index (χ0) is 18.5. The first-order valence-electron chi connectivity index (χ1n) is 9.42. The van der Waals surface area contributed by atoms with Gasteiger partial charge in [0.1, 0.15) is 0 Å². The van der Waals surface area contributed by atoms with E-state index < -0.39 is 0 Å². The van der Waals surface area contributed by atoms with Gasteiger partial charge in [-0.3, -0.25) is 14.4 Å². The molecule has 0 bridgehead atoms. The van der Waals surface area contributed by atoms with Gasteiger partial charge in [-0.05, 0) is 25.3 Å². The molecule has 2 saturated heterocycles. The van der Waals surface area contributed by atoms with Gasteiger partial charge in [-0.15, -0.1) is 0 Å². The average molecular weight is 357 g/mol. The molecule has 6 nitrogen and oxygen atoms in total. The zero-order valence-corrected chi connectivity index (χ0v) is 15.4. The van der Waals surface area contributed by atoms with E-state index in [4.69, 9.17) is 0 Å². The highest BCUT2D eigenvalue weighted by atomic mass is 16.2. The highest BCUT2D eigenvalue weighted by molar-refractivity contribution is 5.89. The topological polar surface area (TPSA) is 69.7 Å². The molecule has 0 radical (unpaired) electrons. The van der Waals surface area contributed by atoms with Crippen LogP contribution in [0.5, 0.6) is 0 Å². The summed E-state index contributed by atoms with van der Waals surface area (Å²) < 4.78 is 0. The number of nitrogens with zero attached hydrogens (tertiary/aromatic N) is 2. The van der Waals surface area contributed by atoms with E-state index in [1.165, 1.54) is 5.56 Å². The summed E-state index contributed by atoms with van der Waals surface area (Å²) in [6.45, 7) is 5.14. The molecule has 2 aliphatic rings. The molecule has 6 heteroatoms. The van der Waals surface area contributed by atoms with E-state index in [0.29, 0.717) is 32.6 Å². The number of carbonyl (C=O) groups is 3. The van der Waals surface area contributed by atoms with E-state index in [-0.39, 0.29) is 30.1 Å². The van der Waals surface area contributed by atoms with Crippen LogP contribution in [0.2, 0.25) is 0 Å². The van der Waals surface area contributed by atoms with Crippen LogP contribution in [-0.2, 0) is 20.9 Å². The highest BCUT2D eigenvalue weighted by Gasteiger charge is 2.34. The van der Waals surface area contributed by atoms with Gasteiger partial charge < -0.3 is 15.1 Å². The van der Waals surface area contributed by atoms with Crippen LogP contribution in [-0.4, -0.2) is 53.7 Å². The smallest absolute Gasteiger partial charge is 0.225 e. The minimum atomic E-state index is -0.277. The van der Waals surface area contributed by atoms with Gasteiger partial charge in [0.15, 0.2) is 0 Å². The number of likely N-dealkylation sites (tertiary alicyclic amines) is 2. The summed E-state index contributed by atoms with van der Waals surface area (Å²) in [4.78, 5) is 39.7. The van der Waals surface area contributed by atoms with E-state index in [0.717, 1.165) is 24.9 Å². The van der Waals surface area contributed by atoms with Crippen LogP contribution < -0.4 is 5.32 Å². The number of rotatable bonds is 7. The van der Waals surface area contributed by atoms with Gasteiger partial charge in [0.2, 0.25) is 17.7 Å². The van der Waals surface area contributed by atoms with Crippen molar-refractivity contribution in [1.29, 1.82) is 0 Å². The number of aryl methyl sites for hydroxylation is 1. The van der Waals surface area contributed by atoms with Gasteiger partial charge in [-0.2, -0.15) is 0 Å². The second-order valence-electron chi connectivity index (χ2n) is 7.29. The monoisotopic (exact) mass is 357 g/mol. The Morgan fingerprint density at radius 2 is 1.92 bits per heavy atom. The molecule has 1 aromatic rings. The van der Waals surface area contributed by atoms with Crippen molar-refractivity contribution >= 4 is 17.7 Å². The molecular formula is C20H27N3O3. The van der Waals surface area contributed by atoms with Crippen LogP contribution in [0.1, 0.15) is 36.8 Å². The van der Waals surface area contributed by atoms with Gasteiger partial charge in [0.25, 0.3) is 0 Å². The SMILES string of the molecule is Cc1ccc(CN2C[C@H](C(=O)NCCCN3CCCC3=O)CC2=O)cc1. The van der Waals surface area contributed by atoms with Gasteiger partial charge in [0, 0.05) is 45.6 Å². The molecule has 3 amide bonds. The number of carbonyl (C=O) groups excluding carboxylic acids is 3. The van der Waals surface area contributed by atoms with Crippen molar-refractivity contribution in [3.8, 4) is 0 Å². The lowest BCUT2D eigenvalue weighted by molar-refractivity contribution is -0.129. The Labute approximate surface area is 154 Å². The first-order valence-corrected chi connectivity index (χ1v) is 9.42. The fourth-order valence-corrected chi connectivity index (χ4v) is 3.58. The van der Waals surface area contributed by atoms with Gasteiger partial charge in [-0.1, -0.05) is 29.8 Å². The highest BCUT2D eigenvalue weighted by Crippen LogP contribution is 2.20. The second-order valence-corrected chi connectivity index (χ2v) is 7.29. The van der Waals surface area contributed by atoms with Gasteiger partial charge in [-0.25, -0.2) is 0 Å². The Morgan fingerprint density at radius 1 is 1.15 bits per heavy atom. The van der Waals surface area contributed by atoms with Crippen molar-refractivity contribution < 1.29 is 14.4 Å². The van der Waals surface area contributed by atoms with E-state index in [2.05, 4.69) is 5.32 Å². The summed E-state index contributed by atoms with van der Waals surface area (Å²) in [7, 11) is 0. The number of amides is 3. The molecule has 3 rings (SSSR count). The Balaban J connectivity index is 1.40. The maximum Gasteiger partial charge on any atom is 0.225 e. The number of hydrogen-bond donors (Lipinski definition) is 1. The summed E-state index contributed by atoms with van der Waals surface area (Å²) in [6.07, 6.45) is 2.62. The molecule has 1 aromatic carbocycles. The number of benzene rings is 1. The normalized spacial score (nSPS) is 20.1. The molecule has 0 saturated carbocycles. The third-order valence-corrected chi connectivity index (χ3v) is 5.15. The van der Waals surface area contributed by atoms with Gasteiger partial charge in [0.05, 0.1) is 5.92 Å². The van der Waals surface area contributed by atoms with Crippen LogP contribution >= 0.6 is 0 Å². The summed E-state index contributed by atoms with van der Waals surface area (Å²) in [5, 5.41) is 2.92. The quantitative estimate of drug-likeness (QED) is 0.752. The van der Waals surface area contributed by atoms with Gasteiger partial charge >= 0.3 is 0 Å². The zero-order valence-electron chi connectivity index (χ0n) is 15.4. The van der Waals surface area contributed by atoms with Crippen molar-refractivity contribution in [2.75, 3.05) is 26.2 Å². The minimum absolute atomic E-state index is 0.0355. The summed E-state index contributed by atoms with van der Waals surface area (Å²) >= 11 is 0. The minimum Gasteiger partial charge on any atom is -0.356 e. The van der Waals surface area contributed by atoms with Crippen LogP contribution in [0.3, 0.4) is 0 Å². The second kappa shape index (κ2) is 8.34. The molecule has 2 aliphatic heterocycles. The molecule has 0 aromatic heterocycles. The van der Waals surface area contributed by atoms with E-state index in [9.17, 15) is 14.4 Å². The maximum atomic E-state index is 12.3. The van der Waals surface area contributed by atoms with E-state index in [1.807, 2.05) is 36.1 Å². The van der Waals surface area contributed by atoms with Crippen LogP contribution in [0.15, 0.2) is 24.3 Å². The molecule has 2 heterocycles. The molecule has 2 fully saturated rings. The van der Waals surface area contributed by atoms with E-state index in [1.54, 1.807) is 4.90 Å². The summed E-state index contributed by atoms with van der Waals surface area (Å²) in [5.74, 6) is -0.0864. The molecular weight excluding hydrogens is 330 g/mol. The first-order chi connectivity index (χ1) is 12.5. The molecule has 0 aliphatic carbocycles. The lowest BCUT2D eigenvalue weighted by Crippen LogP contribution is -2.35. The summed E-state index contributed by atoms with van der Waals surface area (Å²) in [6, 6.07) is 8.11. The lowest BCUT2D eigenvalue weighted by atomic mass is 10.1. The fraction of sp³-hybridized carbons (Fsp3) is 0.550. The van der Waals surface area contributed by atoms with Crippen LogP contribution in [0.4, 0.5) is 0 Å². The van der Waals surface area contributed by atoms with Crippen LogP contribution in [0.25, 0.3) is 0 Å². The average Bonchev–Trinajstić information content (AvgIpc) is 3.19. The van der Waals surface area contributed by atoms with Crippen molar-refractivity contribution in [2.24, 2.45) is 5.92 Å². The van der Waals surface area contributed by atoms with E-state index >= 15 is 0 Å². The van der Waals surface area contributed by atoms with Crippen molar-refractivity contribution in [3.63, 3.8) is 0 Å². The van der Waals surface area contributed by atoms with Crippen molar-refractivity contribution in [2.45, 2.75) is 39.2 Å². The lowest BCUT2D eigenvalue weighted by Gasteiger charge is -2.17. The fourth-order valence-electron chi connectivity index (χ4n) is 3.58. The third kappa shape index (κ3) is 4.62. The number of hydrogen-bond acceptors (Lipinski definition) is 3. The molecule has 140 valence electrons. The first kappa shape index (κ1) is 18.4. The molecule has 1 atom stereocenters. The summed E-state index contributed by atoms with van der Waals surface area (Å²) in [5.41, 5.74) is 2.27. The molecule has 0 spiro atoms. The third-order valence-electron chi connectivity index (χ3n) is 5.15. The molecule has 26 heavy (non-hydrogen) atoms. The predicted molar refractivity (Wildman–Crippen MR) is 98.1 cm³/mol. The molecule has 0 unspecified atom stereocenters. The Kier molecular flexibility index (Phi) is 5.91. The molecule has 1 N–H and O–H groups in total. The van der Waals surface area contributed by atoms with Crippen molar-refractivity contribution in [1.82, 2.24) is 15.1 Å². The largest absolute Gasteiger partial charge is 0.356 e.